The van der Waals surface area contributed by atoms with E-state index in [0.717, 1.165) is 10.0 Å². The van der Waals surface area contributed by atoms with Crippen LogP contribution in [0.15, 0.2) is 34.6 Å². The van der Waals surface area contributed by atoms with Crippen LogP contribution in [0.4, 0.5) is 0 Å². The van der Waals surface area contributed by atoms with E-state index >= 15 is 0 Å². The summed E-state index contributed by atoms with van der Waals surface area (Å²) in [6.45, 7) is 0. The number of nitrogens with zero attached hydrogens (tertiary/aromatic N) is 3. The summed E-state index contributed by atoms with van der Waals surface area (Å²) in [6.07, 6.45) is 3.47. The molecule has 0 aromatic carbocycles. The fraction of sp³-hybridized carbons (Fsp3) is 0. The molecular weight excluding hydrogens is 288 g/mol. The zero-order valence-corrected chi connectivity index (χ0v) is 11.5. The molecule has 18 heavy (non-hydrogen) atoms. The smallest absolute Gasteiger partial charge is 0.268 e. The van der Waals surface area contributed by atoms with Crippen molar-refractivity contribution in [3.8, 4) is 10.0 Å². The van der Waals surface area contributed by atoms with Gasteiger partial charge in [0.1, 0.15) is 5.69 Å². The van der Waals surface area contributed by atoms with Crippen molar-refractivity contribution >= 4 is 40.1 Å². The maximum Gasteiger partial charge on any atom is 0.268 e. The Labute approximate surface area is 115 Å². The Morgan fingerprint density at radius 3 is 2.50 bits per heavy atom. The average molecular weight is 296 g/mol. The van der Waals surface area contributed by atoms with Crippen molar-refractivity contribution in [3.05, 3.63) is 40.3 Å². The van der Waals surface area contributed by atoms with Crippen molar-refractivity contribution in [2.45, 2.75) is 0 Å². The van der Waals surface area contributed by atoms with E-state index in [0.29, 0.717) is 5.69 Å². The van der Waals surface area contributed by atoms with Gasteiger partial charge in [0, 0.05) is 28.5 Å². The number of hydrogen-bond donors (Lipinski definition) is 1. The Bertz CT molecular complexity index is 571. The third-order valence-corrected chi connectivity index (χ3v) is 4.00. The first-order chi connectivity index (χ1) is 8.77. The summed E-state index contributed by atoms with van der Waals surface area (Å²) in [5, 5.41) is 6.99. The van der Waals surface area contributed by atoms with Gasteiger partial charge < -0.3 is 5.73 Å². The molecular formula is C10H8N4OS3. The summed E-state index contributed by atoms with van der Waals surface area (Å²) in [5.74, 6) is -0.501. The Morgan fingerprint density at radius 2 is 2.06 bits per heavy atom. The minimum absolute atomic E-state index is 0.301. The van der Waals surface area contributed by atoms with Gasteiger partial charge in [0.2, 0.25) is 0 Å². The van der Waals surface area contributed by atoms with Crippen LogP contribution in [0.1, 0.15) is 10.5 Å². The number of aromatic nitrogens is 3. The van der Waals surface area contributed by atoms with Crippen molar-refractivity contribution in [1.29, 1.82) is 0 Å². The lowest BCUT2D eigenvalue weighted by molar-refractivity contribution is 0.0996. The van der Waals surface area contributed by atoms with E-state index in [1.54, 1.807) is 17.8 Å². The summed E-state index contributed by atoms with van der Waals surface area (Å²) in [4.78, 5) is 18.9. The van der Waals surface area contributed by atoms with Crippen LogP contribution in [0.5, 0.6) is 0 Å². The minimum atomic E-state index is -0.501. The number of hydrogen-bond acceptors (Lipinski definition) is 7. The van der Waals surface area contributed by atoms with Crippen molar-refractivity contribution in [3.63, 3.8) is 0 Å². The average Bonchev–Trinajstić information content (AvgIpc) is 3.14. The van der Waals surface area contributed by atoms with Crippen molar-refractivity contribution < 1.29 is 4.79 Å². The Balaban J connectivity index is 0.000000202. The van der Waals surface area contributed by atoms with Crippen LogP contribution in [-0.2, 0) is 0 Å². The fourth-order valence-electron chi connectivity index (χ4n) is 0.990. The van der Waals surface area contributed by atoms with Crippen molar-refractivity contribution in [2.24, 2.45) is 5.73 Å². The van der Waals surface area contributed by atoms with Crippen LogP contribution in [-0.4, -0.2) is 20.2 Å². The maximum atomic E-state index is 10.7. The molecule has 0 unspecified atom stereocenters. The summed E-state index contributed by atoms with van der Waals surface area (Å²) >= 11 is 4.32. The monoisotopic (exact) mass is 296 g/mol. The molecule has 0 spiro atoms. The normalized spacial score (nSPS) is 9.56. The molecule has 0 fully saturated rings. The topological polar surface area (TPSA) is 81.8 Å². The van der Waals surface area contributed by atoms with Crippen molar-refractivity contribution in [1.82, 2.24) is 14.3 Å². The number of primary amides is 1. The molecule has 0 saturated heterocycles. The van der Waals surface area contributed by atoms with Gasteiger partial charge in [-0.05, 0) is 17.6 Å². The van der Waals surface area contributed by atoms with E-state index in [2.05, 4.69) is 14.3 Å². The summed E-state index contributed by atoms with van der Waals surface area (Å²) in [5.41, 5.74) is 5.37. The third-order valence-electron chi connectivity index (χ3n) is 1.72. The molecule has 1 amide bonds. The molecule has 2 N–H and O–H groups in total. The van der Waals surface area contributed by atoms with E-state index in [1.165, 1.54) is 34.2 Å². The molecule has 3 heterocycles. The first-order valence-electron chi connectivity index (χ1n) is 4.77. The lowest BCUT2D eigenvalue weighted by atomic mass is 10.5. The van der Waals surface area contributed by atoms with Crippen LogP contribution in [0, 0.1) is 0 Å². The molecule has 8 heteroatoms. The van der Waals surface area contributed by atoms with E-state index in [4.69, 9.17) is 5.73 Å². The quantitative estimate of drug-likeness (QED) is 0.787. The summed E-state index contributed by atoms with van der Waals surface area (Å²) in [7, 11) is 0. The molecule has 0 aliphatic carbocycles. The Morgan fingerprint density at radius 1 is 1.17 bits per heavy atom. The number of thiazole rings is 2. The number of nitrogens with two attached hydrogens (primary N) is 1. The van der Waals surface area contributed by atoms with Gasteiger partial charge in [-0.2, -0.15) is 0 Å². The lowest BCUT2D eigenvalue weighted by Crippen LogP contribution is -2.10. The maximum absolute atomic E-state index is 10.7. The van der Waals surface area contributed by atoms with Crippen molar-refractivity contribution in [2.75, 3.05) is 0 Å². The van der Waals surface area contributed by atoms with E-state index < -0.39 is 5.91 Å². The Hall–Kier alpha value is -1.64. The molecule has 0 atom stereocenters. The molecule has 0 radical (unpaired) electrons. The van der Waals surface area contributed by atoms with Gasteiger partial charge in [0.25, 0.3) is 5.91 Å². The second-order valence-electron chi connectivity index (χ2n) is 2.93. The predicted octanol–water partition coefficient (Wildman–Crippen LogP) is 2.51. The highest BCUT2D eigenvalue weighted by Gasteiger charge is 2.09. The van der Waals surface area contributed by atoms with Gasteiger partial charge in [0.05, 0.1) is 0 Å². The van der Waals surface area contributed by atoms with Gasteiger partial charge in [-0.3, -0.25) is 4.79 Å². The minimum Gasteiger partial charge on any atom is -0.364 e. The molecule has 0 aliphatic rings. The van der Waals surface area contributed by atoms with Gasteiger partial charge in [-0.15, -0.1) is 22.7 Å². The van der Waals surface area contributed by atoms with Gasteiger partial charge in [-0.1, -0.05) is 0 Å². The molecule has 92 valence electrons. The molecule has 0 aliphatic heterocycles. The zero-order valence-electron chi connectivity index (χ0n) is 9.02. The fourth-order valence-corrected chi connectivity index (χ4v) is 2.85. The lowest BCUT2D eigenvalue weighted by Gasteiger charge is -1.85. The first-order valence-corrected chi connectivity index (χ1v) is 7.36. The van der Waals surface area contributed by atoms with Gasteiger partial charge in [-0.25, -0.2) is 14.3 Å². The van der Waals surface area contributed by atoms with E-state index in [9.17, 15) is 4.79 Å². The van der Waals surface area contributed by atoms with E-state index in [-0.39, 0.29) is 0 Å². The molecule has 0 bridgehead atoms. The van der Waals surface area contributed by atoms with Crippen LogP contribution < -0.4 is 5.73 Å². The molecule has 3 aromatic heterocycles. The second kappa shape index (κ2) is 6.34. The number of carbonyl (C=O) groups is 1. The van der Waals surface area contributed by atoms with E-state index in [1.807, 2.05) is 16.8 Å². The highest BCUT2D eigenvalue weighted by molar-refractivity contribution is 7.19. The van der Waals surface area contributed by atoms with Gasteiger partial charge in [0.15, 0.2) is 10.0 Å². The second-order valence-corrected chi connectivity index (χ2v) is 5.37. The molecule has 0 saturated carbocycles. The number of rotatable bonds is 2. The number of carbonyl (C=O) groups excluding carboxylic acids is 1. The predicted molar refractivity (Wildman–Crippen MR) is 73.9 cm³/mol. The van der Waals surface area contributed by atoms with Gasteiger partial charge >= 0.3 is 0 Å². The molecule has 5 nitrogen and oxygen atoms in total. The zero-order chi connectivity index (χ0) is 12.8. The highest BCUT2D eigenvalue weighted by atomic mass is 32.1. The van der Waals surface area contributed by atoms with Crippen LogP contribution >= 0.6 is 34.2 Å². The highest BCUT2D eigenvalue weighted by Crippen LogP contribution is 2.24. The van der Waals surface area contributed by atoms with Crippen LogP contribution in [0.25, 0.3) is 10.0 Å². The standard InChI is InChI=1S/C7H5N3OS2.C3H3NS/c8-5(11)4-3-13-7(10-4)6-9-1-2-12-6;1-2-4-5-3-1/h1-3H,(H2,8,11);1-3H. The summed E-state index contributed by atoms with van der Waals surface area (Å²) in [6, 6.07) is 1.91. The summed E-state index contributed by atoms with van der Waals surface area (Å²) < 4.78 is 3.76. The third kappa shape index (κ3) is 3.42. The molecule has 3 aromatic rings. The Kier molecular flexibility index (Phi) is 4.51. The number of amides is 1. The van der Waals surface area contributed by atoms with Crippen LogP contribution in [0.3, 0.4) is 0 Å². The van der Waals surface area contributed by atoms with Crippen LogP contribution in [0.2, 0.25) is 0 Å². The molecule has 3 rings (SSSR count). The largest absolute Gasteiger partial charge is 0.364 e. The SMILES string of the molecule is NC(=O)c1csc(-c2nccs2)n1.c1cnsc1. The first kappa shape index (κ1) is 12.8.